The topological polar surface area (TPSA) is 93.2 Å². The molecule has 1 aromatic carbocycles. The molecule has 2 aromatic rings. The molecule has 0 bridgehead atoms. The lowest BCUT2D eigenvalue weighted by molar-refractivity contribution is -0.143. The van der Waals surface area contributed by atoms with Crippen LogP contribution in [0.15, 0.2) is 36.5 Å². The first-order valence-electron chi connectivity index (χ1n) is 6.69. The molecule has 1 aromatic heterocycles. The molecule has 22 heavy (non-hydrogen) atoms. The minimum Gasteiger partial charge on any atom is -0.466 e. The minimum absolute atomic E-state index is 0.126. The van der Waals surface area contributed by atoms with E-state index in [1.54, 1.807) is 37.3 Å². The van der Waals surface area contributed by atoms with E-state index in [4.69, 9.17) is 4.74 Å². The van der Waals surface area contributed by atoms with Crippen LogP contribution in [0.1, 0.15) is 12.6 Å². The molecule has 0 radical (unpaired) electrons. The van der Waals surface area contributed by atoms with E-state index >= 15 is 0 Å². The largest absolute Gasteiger partial charge is 0.466 e. The van der Waals surface area contributed by atoms with Crippen LogP contribution in [0.2, 0.25) is 0 Å². The molecule has 112 valence electrons. The summed E-state index contributed by atoms with van der Waals surface area (Å²) in [5.74, 6) is -0.618. The van der Waals surface area contributed by atoms with Crippen LogP contribution < -0.4 is 15.4 Å². The van der Waals surface area contributed by atoms with Crippen molar-refractivity contribution >= 4 is 23.5 Å². The Morgan fingerprint density at radius 1 is 1.32 bits per heavy atom. The van der Waals surface area contributed by atoms with Gasteiger partial charge in [-0.25, -0.2) is 9.97 Å². The second-order valence-corrected chi connectivity index (χ2v) is 5.06. The van der Waals surface area contributed by atoms with Gasteiger partial charge in [0.1, 0.15) is 5.75 Å². The van der Waals surface area contributed by atoms with E-state index in [2.05, 4.69) is 20.6 Å². The number of nitrogens with one attached hydrogen (secondary N) is 2. The molecule has 7 nitrogen and oxygen atoms in total. The highest BCUT2D eigenvalue weighted by molar-refractivity contribution is 6.18. The van der Waals surface area contributed by atoms with Crippen molar-refractivity contribution in [2.75, 3.05) is 10.6 Å². The summed E-state index contributed by atoms with van der Waals surface area (Å²) >= 11 is 0. The maximum atomic E-state index is 12.4. The lowest BCUT2D eigenvalue weighted by Crippen LogP contribution is -2.56. The molecule has 1 unspecified atom stereocenters. The summed E-state index contributed by atoms with van der Waals surface area (Å²) in [4.78, 5) is 32.7. The number of ether oxygens (including phenoxy) is 1. The summed E-state index contributed by atoms with van der Waals surface area (Å²) in [6.07, 6.45) is 1.53. The van der Waals surface area contributed by atoms with Crippen molar-refractivity contribution in [1.82, 2.24) is 9.97 Å². The number of aromatic nitrogens is 2. The van der Waals surface area contributed by atoms with Crippen LogP contribution in [-0.2, 0) is 9.59 Å². The number of nitrogens with zero attached hydrogens (tertiary/aromatic N) is 2. The predicted octanol–water partition coefficient (Wildman–Crippen LogP) is 1.51. The molecule has 1 atom stereocenters. The number of carbonyl (C=O) groups excluding carboxylic acids is 2. The number of benzene rings is 1. The summed E-state index contributed by atoms with van der Waals surface area (Å²) in [6, 6.07) is 8.62. The quantitative estimate of drug-likeness (QED) is 0.820. The second kappa shape index (κ2) is 5.10. The van der Waals surface area contributed by atoms with E-state index < -0.39 is 17.4 Å². The van der Waals surface area contributed by atoms with Crippen molar-refractivity contribution in [3.63, 3.8) is 0 Å². The third kappa shape index (κ3) is 2.37. The number of fused-ring (bicyclic) bond motifs is 1. The molecule has 1 aliphatic heterocycles. The molecule has 0 spiro atoms. The monoisotopic (exact) mass is 298 g/mol. The Morgan fingerprint density at radius 3 is 2.86 bits per heavy atom. The van der Waals surface area contributed by atoms with Crippen LogP contribution in [0, 0.1) is 6.92 Å². The smallest absolute Gasteiger partial charge is 0.280 e. The van der Waals surface area contributed by atoms with Crippen molar-refractivity contribution in [3.05, 3.63) is 42.2 Å². The Morgan fingerprint density at radius 2 is 2.09 bits per heavy atom. The van der Waals surface area contributed by atoms with E-state index in [0.29, 0.717) is 17.1 Å². The van der Waals surface area contributed by atoms with Gasteiger partial charge >= 0.3 is 0 Å². The zero-order valence-electron chi connectivity index (χ0n) is 12.1. The lowest BCUT2D eigenvalue weighted by Gasteiger charge is -2.32. The van der Waals surface area contributed by atoms with E-state index in [9.17, 15) is 9.59 Å². The average molecular weight is 298 g/mol. The van der Waals surface area contributed by atoms with Gasteiger partial charge in [-0.1, -0.05) is 12.1 Å². The fourth-order valence-corrected chi connectivity index (χ4v) is 2.05. The number of aryl methyl sites for hydroxylation is 1. The number of anilines is 2. The van der Waals surface area contributed by atoms with Gasteiger partial charge in [0.25, 0.3) is 17.4 Å². The Labute approximate surface area is 126 Å². The van der Waals surface area contributed by atoms with Crippen LogP contribution in [0.25, 0.3) is 0 Å². The van der Waals surface area contributed by atoms with Crippen molar-refractivity contribution in [1.29, 1.82) is 0 Å². The minimum atomic E-state index is -1.69. The summed E-state index contributed by atoms with van der Waals surface area (Å²) in [6.45, 7) is 3.18. The molecule has 0 saturated heterocycles. The Bertz CT molecular complexity index is 762. The maximum Gasteiger partial charge on any atom is 0.280 e. The van der Waals surface area contributed by atoms with E-state index in [-0.39, 0.29) is 5.95 Å². The van der Waals surface area contributed by atoms with E-state index in [1.807, 2.05) is 0 Å². The molecule has 0 fully saturated rings. The van der Waals surface area contributed by atoms with Crippen molar-refractivity contribution < 1.29 is 14.3 Å². The zero-order valence-corrected chi connectivity index (χ0v) is 12.1. The molecule has 0 saturated carbocycles. The van der Waals surface area contributed by atoms with Crippen LogP contribution in [0.5, 0.6) is 5.75 Å². The Hall–Kier alpha value is -2.96. The third-order valence-electron chi connectivity index (χ3n) is 3.34. The van der Waals surface area contributed by atoms with Gasteiger partial charge in [-0.3, -0.25) is 14.9 Å². The highest BCUT2D eigenvalue weighted by atomic mass is 16.5. The van der Waals surface area contributed by atoms with Crippen LogP contribution in [0.4, 0.5) is 11.6 Å². The van der Waals surface area contributed by atoms with Crippen molar-refractivity contribution in [2.45, 2.75) is 19.4 Å². The molecule has 2 heterocycles. The van der Waals surface area contributed by atoms with Gasteiger partial charge in [-0.2, -0.15) is 0 Å². The van der Waals surface area contributed by atoms with Crippen LogP contribution in [-0.4, -0.2) is 27.4 Å². The SMILES string of the molecule is Cc1ccnc(NC(=O)C2(C)Oc3ccccc3NC2=O)n1. The van der Waals surface area contributed by atoms with Crippen molar-refractivity contribution in [3.8, 4) is 5.75 Å². The average Bonchev–Trinajstić information content (AvgIpc) is 2.48. The van der Waals surface area contributed by atoms with Gasteiger partial charge in [0.05, 0.1) is 5.69 Å². The van der Waals surface area contributed by atoms with Gasteiger partial charge in [0.15, 0.2) is 0 Å². The van der Waals surface area contributed by atoms with Gasteiger partial charge in [-0.05, 0) is 32.0 Å². The molecule has 0 aliphatic carbocycles. The lowest BCUT2D eigenvalue weighted by atomic mass is 10.0. The van der Waals surface area contributed by atoms with Gasteiger partial charge in [0.2, 0.25) is 5.95 Å². The maximum absolute atomic E-state index is 12.4. The first kappa shape index (κ1) is 14.0. The third-order valence-corrected chi connectivity index (χ3v) is 3.34. The summed E-state index contributed by atoms with van der Waals surface area (Å²) in [5.41, 5.74) is -0.457. The molecule has 1 aliphatic rings. The van der Waals surface area contributed by atoms with E-state index in [1.165, 1.54) is 13.1 Å². The highest BCUT2D eigenvalue weighted by Crippen LogP contribution is 2.33. The highest BCUT2D eigenvalue weighted by Gasteiger charge is 2.47. The standard InChI is InChI=1S/C15H14N4O3/c1-9-7-8-16-14(17-9)19-13(21)15(2)12(20)18-10-5-3-4-6-11(10)22-15/h3-8H,1-2H3,(H,18,20)(H,16,17,19,21). The molecule has 3 rings (SSSR count). The number of amides is 2. The second-order valence-electron chi connectivity index (χ2n) is 5.06. The molecular formula is C15H14N4O3. The fourth-order valence-electron chi connectivity index (χ4n) is 2.05. The first-order chi connectivity index (χ1) is 10.5. The summed E-state index contributed by atoms with van der Waals surface area (Å²) in [5, 5.41) is 5.17. The predicted molar refractivity (Wildman–Crippen MR) is 79.5 cm³/mol. The van der Waals surface area contributed by atoms with Crippen molar-refractivity contribution in [2.24, 2.45) is 0 Å². The number of hydrogen-bond donors (Lipinski definition) is 2. The summed E-state index contributed by atoms with van der Waals surface area (Å²) < 4.78 is 5.62. The summed E-state index contributed by atoms with van der Waals surface area (Å²) in [7, 11) is 0. The Balaban J connectivity index is 1.87. The normalized spacial score (nSPS) is 19.6. The molecular weight excluding hydrogens is 284 g/mol. The molecule has 7 heteroatoms. The number of para-hydroxylation sites is 2. The van der Waals surface area contributed by atoms with Gasteiger partial charge in [0, 0.05) is 11.9 Å². The number of rotatable bonds is 2. The van der Waals surface area contributed by atoms with Gasteiger partial charge < -0.3 is 10.1 Å². The molecule has 2 N–H and O–H groups in total. The fraction of sp³-hybridized carbons (Fsp3) is 0.200. The zero-order chi connectivity index (χ0) is 15.7. The van der Waals surface area contributed by atoms with Crippen LogP contribution in [0.3, 0.4) is 0 Å². The number of carbonyl (C=O) groups is 2. The van der Waals surface area contributed by atoms with Crippen LogP contribution >= 0.6 is 0 Å². The molecule has 2 amide bonds. The Kier molecular flexibility index (Phi) is 3.25. The first-order valence-corrected chi connectivity index (χ1v) is 6.69. The number of hydrogen-bond acceptors (Lipinski definition) is 5. The van der Waals surface area contributed by atoms with Gasteiger partial charge in [-0.15, -0.1) is 0 Å². The van der Waals surface area contributed by atoms with E-state index in [0.717, 1.165) is 0 Å².